The van der Waals surface area contributed by atoms with Gasteiger partial charge < -0.3 is 14.2 Å². The molecule has 3 nitrogen and oxygen atoms in total. The summed E-state index contributed by atoms with van der Waals surface area (Å²) in [5.74, 6) is 2.24. The van der Waals surface area contributed by atoms with Crippen molar-refractivity contribution in [3.05, 3.63) is 64.2 Å². The molecular weight excluding hydrogens is 452 g/mol. The fourth-order valence-corrected chi connectivity index (χ4v) is 4.80. The van der Waals surface area contributed by atoms with E-state index in [1.54, 1.807) is 7.11 Å². The van der Waals surface area contributed by atoms with Crippen LogP contribution in [0.5, 0.6) is 5.75 Å². The van der Waals surface area contributed by atoms with E-state index < -0.39 is 0 Å². The predicted molar refractivity (Wildman–Crippen MR) is 122 cm³/mol. The molecule has 29 heavy (non-hydrogen) atoms. The lowest BCUT2D eigenvalue weighted by atomic mass is 9.75. The van der Waals surface area contributed by atoms with Crippen molar-refractivity contribution < 1.29 is 14.2 Å². The standard InChI is InChI=1S/C24H30BrClO3/c1-15-16(2)23(14-28-13-18-5-8-21(27-4)9-6-18)29-24(17(15)3)19-7-10-22(26)20(11-19)12-25/h5-11,15-17,23-24H,12-14H2,1-4H3/t15-,16+,17?,23?,24+/m0/s1. The number of alkyl halides is 1. The van der Waals surface area contributed by atoms with Crippen LogP contribution in [0.3, 0.4) is 0 Å². The molecule has 3 rings (SSSR count). The minimum atomic E-state index is 0.0471. The average molecular weight is 482 g/mol. The van der Waals surface area contributed by atoms with E-state index in [1.165, 1.54) is 5.56 Å². The van der Waals surface area contributed by atoms with E-state index in [9.17, 15) is 0 Å². The van der Waals surface area contributed by atoms with Crippen molar-refractivity contribution in [2.45, 2.75) is 44.9 Å². The van der Waals surface area contributed by atoms with Crippen molar-refractivity contribution in [2.24, 2.45) is 17.8 Å². The summed E-state index contributed by atoms with van der Waals surface area (Å²) in [5, 5.41) is 1.52. The molecule has 1 fully saturated rings. The van der Waals surface area contributed by atoms with Gasteiger partial charge in [-0.1, -0.05) is 72.6 Å². The van der Waals surface area contributed by atoms with E-state index in [1.807, 2.05) is 30.3 Å². The Balaban J connectivity index is 1.66. The average Bonchev–Trinajstić information content (AvgIpc) is 2.74. The maximum absolute atomic E-state index is 6.58. The highest BCUT2D eigenvalue weighted by Crippen LogP contribution is 2.43. The molecule has 0 spiro atoms. The first-order valence-corrected chi connectivity index (χ1v) is 11.6. The van der Waals surface area contributed by atoms with Gasteiger partial charge in [0.05, 0.1) is 32.5 Å². The Morgan fingerprint density at radius 2 is 1.72 bits per heavy atom. The number of benzene rings is 2. The van der Waals surface area contributed by atoms with Crippen molar-refractivity contribution in [2.75, 3.05) is 13.7 Å². The van der Waals surface area contributed by atoms with Crippen molar-refractivity contribution in [1.82, 2.24) is 0 Å². The zero-order chi connectivity index (χ0) is 21.0. The predicted octanol–water partition coefficient (Wildman–Crippen LogP) is 6.81. The number of ether oxygens (including phenoxy) is 3. The molecule has 2 unspecified atom stereocenters. The highest BCUT2D eigenvalue weighted by atomic mass is 79.9. The first-order valence-electron chi connectivity index (χ1n) is 10.1. The van der Waals surface area contributed by atoms with Crippen LogP contribution in [-0.2, 0) is 21.4 Å². The van der Waals surface area contributed by atoms with Crippen molar-refractivity contribution >= 4 is 27.5 Å². The quantitative estimate of drug-likeness (QED) is 0.407. The summed E-state index contributed by atoms with van der Waals surface area (Å²) in [7, 11) is 1.67. The number of hydrogen-bond acceptors (Lipinski definition) is 3. The summed E-state index contributed by atoms with van der Waals surface area (Å²) in [5.41, 5.74) is 3.42. The summed E-state index contributed by atoms with van der Waals surface area (Å²) in [6.45, 7) is 8.02. The molecule has 5 heteroatoms. The lowest BCUT2D eigenvalue weighted by Crippen LogP contribution is -2.42. The van der Waals surface area contributed by atoms with E-state index in [-0.39, 0.29) is 12.2 Å². The fraction of sp³-hybridized carbons (Fsp3) is 0.500. The zero-order valence-electron chi connectivity index (χ0n) is 17.5. The van der Waals surface area contributed by atoms with Gasteiger partial charge in [0.1, 0.15) is 5.75 Å². The van der Waals surface area contributed by atoms with Gasteiger partial charge in [0.2, 0.25) is 0 Å². The first kappa shape index (κ1) is 22.6. The maximum Gasteiger partial charge on any atom is 0.118 e. The summed E-state index contributed by atoms with van der Waals surface area (Å²) in [4.78, 5) is 0. The third-order valence-corrected chi connectivity index (χ3v) is 7.27. The number of hydrogen-bond donors (Lipinski definition) is 0. The second kappa shape index (κ2) is 10.3. The van der Waals surface area contributed by atoms with Gasteiger partial charge >= 0.3 is 0 Å². The summed E-state index contributed by atoms with van der Waals surface area (Å²) >= 11 is 9.83. The van der Waals surface area contributed by atoms with Crippen LogP contribution < -0.4 is 4.74 Å². The molecule has 2 aromatic rings. The molecule has 1 aliphatic heterocycles. The molecule has 0 bridgehead atoms. The lowest BCUT2D eigenvalue weighted by Gasteiger charge is -2.44. The molecule has 0 amide bonds. The molecule has 0 aromatic heterocycles. The Morgan fingerprint density at radius 3 is 2.38 bits per heavy atom. The molecule has 1 aliphatic rings. The Bertz CT molecular complexity index is 795. The summed E-state index contributed by atoms with van der Waals surface area (Å²) in [6.07, 6.45) is 0.110. The van der Waals surface area contributed by atoms with Crippen molar-refractivity contribution in [3.63, 3.8) is 0 Å². The third kappa shape index (κ3) is 5.35. The molecule has 2 aromatic carbocycles. The number of halogens is 2. The molecule has 1 heterocycles. The van der Waals surface area contributed by atoms with E-state index >= 15 is 0 Å². The minimum Gasteiger partial charge on any atom is -0.497 e. The second-order valence-corrected chi connectivity index (χ2v) is 8.99. The van der Waals surface area contributed by atoms with Crippen LogP contribution in [0.4, 0.5) is 0 Å². The van der Waals surface area contributed by atoms with Gasteiger partial charge in [-0.05, 0) is 52.6 Å². The van der Waals surface area contributed by atoms with Crippen molar-refractivity contribution in [3.8, 4) is 5.75 Å². The lowest BCUT2D eigenvalue weighted by molar-refractivity contribution is -0.159. The Kier molecular flexibility index (Phi) is 8.03. The molecule has 158 valence electrons. The second-order valence-electron chi connectivity index (χ2n) is 8.02. The smallest absolute Gasteiger partial charge is 0.118 e. The van der Waals surface area contributed by atoms with Gasteiger partial charge in [0, 0.05) is 10.4 Å². The van der Waals surface area contributed by atoms with Crippen LogP contribution in [0.25, 0.3) is 0 Å². The zero-order valence-corrected chi connectivity index (χ0v) is 19.9. The van der Waals surface area contributed by atoms with E-state index in [0.29, 0.717) is 31.0 Å². The Hall–Kier alpha value is -1.07. The van der Waals surface area contributed by atoms with Gasteiger partial charge in [-0.3, -0.25) is 0 Å². The summed E-state index contributed by atoms with van der Waals surface area (Å²) < 4.78 is 17.8. The number of rotatable bonds is 7. The van der Waals surface area contributed by atoms with Crippen LogP contribution in [0.2, 0.25) is 5.02 Å². The molecular formula is C24H30BrClO3. The van der Waals surface area contributed by atoms with Crippen LogP contribution in [0, 0.1) is 17.8 Å². The van der Waals surface area contributed by atoms with Crippen LogP contribution in [-0.4, -0.2) is 19.8 Å². The minimum absolute atomic E-state index is 0.0471. The highest BCUT2D eigenvalue weighted by Gasteiger charge is 2.39. The number of methoxy groups -OCH3 is 1. The molecule has 0 N–H and O–H groups in total. The third-order valence-electron chi connectivity index (χ3n) is 6.30. The van der Waals surface area contributed by atoms with Gasteiger partial charge in [0.25, 0.3) is 0 Å². The van der Waals surface area contributed by atoms with Crippen molar-refractivity contribution in [1.29, 1.82) is 0 Å². The van der Waals surface area contributed by atoms with Gasteiger partial charge in [-0.25, -0.2) is 0 Å². The Labute approximate surface area is 187 Å². The maximum atomic E-state index is 6.58. The van der Waals surface area contributed by atoms with E-state index in [4.69, 9.17) is 25.8 Å². The molecule has 0 saturated carbocycles. The van der Waals surface area contributed by atoms with E-state index in [2.05, 4.69) is 48.8 Å². The molecule has 5 atom stereocenters. The van der Waals surface area contributed by atoms with Crippen LogP contribution in [0.1, 0.15) is 43.6 Å². The molecule has 0 aliphatic carbocycles. The fourth-order valence-electron chi connectivity index (χ4n) is 3.99. The highest BCUT2D eigenvalue weighted by molar-refractivity contribution is 9.08. The largest absolute Gasteiger partial charge is 0.497 e. The van der Waals surface area contributed by atoms with Gasteiger partial charge in [-0.2, -0.15) is 0 Å². The van der Waals surface area contributed by atoms with Crippen LogP contribution in [0.15, 0.2) is 42.5 Å². The normalized spacial score (nSPS) is 27.0. The summed E-state index contributed by atoms with van der Waals surface area (Å²) in [6, 6.07) is 14.2. The van der Waals surface area contributed by atoms with Gasteiger partial charge in [0.15, 0.2) is 0 Å². The molecule has 0 radical (unpaired) electrons. The van der Waals surface area contributed by atoms with Gasteiger partial charge in [-0.15, -0.1) is 0 Å². The van der Waals surface area contributed by atoms with E-state index in [0.717, 1.165) is 27.2 Å². The SMILES string of the molecule is COc1ccc(COCC2O[C@@H](c3ccc(Cl)c(CBr)c3)C(C)[C@@H](C)[C@H]2C)cc1. The Morgan fingerprint density at radius 1 is 1.00 bits per heavy atom. The molecule has 1 saturated heterocycles. The van der Waals surface area contributed by atoms with Crippen LogP contribution >= 0.6 is 27.5 Å². The first-order chi connectivity index (χ1) is 13.9. The topological polar surface area (TPSA) is 27.7 Å². The monoisotopic (exact) mass is 480 g/mol.